The number of carbonyl (C=O) groups is 2. The van der Waals surface area contributed by atoms with Gasteiger partial charge >= 0.3 is 5.97 Å². The summed E-state index contributed by atoms with van der Waals surface area (Å²) in [5, 5.41) is 23.1. The number of nitrogens with one attached hydrogen (secondary N) is 4. The summed E-state index contributed by atoms with van der Waals surface area (Å²) in [6, 6.07) is 13.4. The largest absolute Gasteiger partial charge is 0.480 e. The van der Waals surface area contributed by atoms with Crippen molar-refractivity contribution in [3.63, 3.8) is 0 Å². The number of aryl methyl sites for hydroxylation is 1. The molecule has 0 aliphatic carbocycles. The molecule has 1 amide bonds. The molecule has 6 rings (SSSR count). The van der Waals surface area contributed by atoms with Gasteiger partial charge in [0.2, 0.25) is 5.91 Å². The Morgan fingerprint density at radius 2 is 1.80 bits per heavy atom. The van der Waals surface area contributed by atoms with Gasteiger partial charge in [-0.15, -0.1) is 11.3 Å². The number of carboxylic acid groups (broad SMARTS) is 1. The van der Waals surface area contributed by atoms with Gasteiger partial charge in [-0.3, -0.25) is 14.6 Å². The second kappa shape index (κ2) is 14.1. The number of aliphatic carboxylic acids is 1. The van der Waals surface area contributed by atoms with Crippen LogP contribution in [0.5, 0.6) is 0 Å². The Morgan fingerprint density at radius 1 is 1.02 bits per heavy atom. The van der Waals surface area contributed by atoms with E-state index in [4.69, 9.17) is 33.3 Å². The van der Waals surface area contributed by atoms with E-state index in [2.05, 4.69) is 36.2 Å². The first kappa shape index (κ1) is 31.8. The Bertz CT molecular complexity index is 1940. The van der Waals surface area contributed by atoms with E-state index in [0.717, 1.165) is 44.2 Å². The third-order valence-electron chi connectivity index (χ3n) is 7.54. The van der Waals surface area contributed by atoms with Crippen LogP contribution in [0.3, 0.4) is 0 Å². The quantitative estimate of drug-likeness (QED) is 0.111. The maximum absolute atomic E-state index is 11.5. The SMILES string of the molecule is Cc1ncc(-c2cccc(-c3cccc(Nc4nccc5sc(CNCC(=O)O)nc45)c3Cl)c2Cl)nc1CNC[C@H]1CCC(=O)N1. The number of aromatic nitrogens is 4. The third-order valence-corrected chi connectivity index (χ3v) is 9.38. The zero-order valence-electron chi connectivity index (χ0n) is 24.7. The number of benzene rings is 2. The second-order valence-electron chi connectivity index (χ2n) is 10.8. The minimum absolute atomic E-state index is 0.0901. The van der Waals surface area contributed by atoms with Gasteiger partial charge in [0.25, 0.3) is 0 Å². The van der Waals surface area contributed by atoms with Crippen molar-refractivity contribution in [3.05, 3.63) is 81.3 Å². The topological polar surface area (TPSA) is 154 Å². The number of amides is 1. The number of fused-ring (bicyclic) bond motifs is 1. The fourth-order valence-corrected chi connectivity index (χ4v) is 6.76. The molecule has 4 heterocycles. The molecule has 0 bridgehead atoms. The average molecular weight is 678 g/mol. The number of rotatable bonds is 12. The summed E-state index contributed by atoms with van der Waals surface area (Å²) in [5.41, 5.74) is 5.73. The van der Waals surface area contributed by atoms with Crippen molar-refractivity contribution in [2.45, 2.75) is 38.9 Å². The molecular weight excluding hydrogens is 647 g/mol. The highest BCUT2D eigenvalue weighted by Crippen LogP contribution is 2.42. The smallest absolute Gasteiger partial charge is 0.317 e. The Labute approximate surface area is 278 Å². The molecule has 1 aliphatic rings. The minimum atomic E-state index is -0.928. The molecule has 46 heavy (non-hydrogen) atoms. The number of carboxylic acids is 1. The van der Waals surface area contributed by atoms with E-state index in [0.29, 0.717) is 58.8 Å². The number of halogens is 2. The molecule has 5 N–H and O–H groups in total. The standard InChI is InChI=1S/C32H30Cl2N8O3S/c1-17-23(13-35-12-18-8-9-26(43)39-18)40-24(14-38-17)21-6-2-4-19(29(21)33)20-5-3-7-22(30(20)34)41-32-31-25(10-11-37-32)46-27(42-31)15-36-16-28(44)45/h2-7,10-11,14,18,35-36H,8-9,12-13,15-16H2,1H3,(H,37,41)(H,39,43)(H,44,45)/t18-/m1/s1. The lowest BCUT2D eigenvalue weighted by molar-refractivity contribution is -0.136. The maximum Gasteiger partial charge on any atom is 0.317 e. The van der Waals surface area contributed by atoms with E-state index in [1.807, 2.05) is 49.4 Å². The summed E-state index contributed by atoms with van der Waals surface area (Å²) in [5.74, 6) is -0.307. The first-order chi connectivity index (χ1) is 22.3. The lowest BCUT2D eigenvalue weighted by Crippen LogP contribution is -2.35. The van der Waals surface area contributed by atoms with Crippen LogP contribution in [0.15, 0.2) is 54.9 Å². The van der Waals surface area contributed by atoms with Crippen molar-refractivity contribution in [1.82, 2.24) is 35.9 Å². The fraction of sp³-hybridized carbons (Fsp3) is 0.250. The van der Waals surface area contributed by atoms with Gasteiger partial charge in [0.1, 0.15) is 10.5 Å². The third kappa shape index (κ3) is 7.11. The van der Waals surface area contributed by atoms with Crippen molar-refractivity contribution in [1.29, 1.82) is 0 Å². The molecular formula is C32H30Cl2N8O3S. The van der Waals surface area contributed by atoms with Gasteiger partial charge in [-0.1, -0.05) is 53.5 Å². The van der Waals surface area contributed by atoms with Gasteiger partial charge in [-0.25, -0.2) is 15.0 Å². The summed E-state index contributed by atoms with van der Waals surface area (Å²) in [7, 11) is 0. The molecule has 0 saturated carbocycles. The first-order valence-corrected chi connectivity index (χ1v) is 16.2. The number of anilines is 2. The van der Waals surface area contributed by atoms with Crippen LogP contribution in [0, 0.1) is 6.92 Å². The van der Waals surface area contributed by atoms with Gasteiger partial charge < -0.3 is 26.4 Å². The van der Waals surface area contributed by atoms with Crippen molar-refractivity contribution in [2.24, 2.45) is 0 Å². The fourth-order valence-electron chi connectivity index (χ4n) is 5.23. The second-order valence-corrected chi connectivity index (χ2v) is 12.7. The first-order valence-electron chi connectivity index (χ1n) is 14.6. The van der Waals surface area contributed by atoms with Gasteiger partial charge in [-0.05, 0) is 25.5 Å². The predicted molar refractivity (Wildman–Crippen MR) is 181 cm³/mol. The highest BCUT2D eigenvalue weighted by Gasteiger charge is 2.21. The Balaban J connectivity index is 1.24. The van der Waals surface area contributed by atoms with E-state index in [-0.39, 0.29) is 18.5 Å². The molecule has 14 heteroatoms. The van der Waals surface area contributed by atoms with E-state index in [1.165, 1.54) is 11.3 Å². The van der Waals surface area contributed by atoms with E-state index in [9.17, 15) is 9.59 Å². The lowest BCUT2D eigenvalue weighted by atomic mass is 10.0. The van der Waals surface area contributed by atoms with Crippen LogP contribution in [-0.4, -0.2) is 56.1 Å². The summed E-state index contributed by atoms with van der Waals surface area (Å²) >= 11 is 15.5. The molecule has 5 aromatic rings. The highest BCUT2D eigenvalue weighted by molar-refractivity contribution is 7.18. The summed E-state index contributed by atoms with van der Waals surface area (Å²) in [6.45, 7) is 3.27. The van der Waals surface area contributed by atoms with Gasteiger partial charge in [0, 0.05) is 55.0 Å². The Morgan fingerprint density at radius 3 is 2.59 bits per heavy atom. The van der Waals surface area contributed by atoms with E-state index >= 15 is 0 Å². The van der Waals surface area contributed by atoms with Crippen molar-refractivity contribution in [3.8, 4) is 22.4 Å². The predicted octanol–water partition coefficient (Wildman–Crippen LogP) is 5.72. The Hall–Kier alpha value is -4.20. The number of hydrogen-bond acceptors (Lipinski definition) is 10. The van der Waals surface area contributed by atoms with Crippen LogP contribution < -0.4 is 21.3 Å². The van der Waals surface area contributed by atoms with Crippen LogP contribution in [0.1, 0.15) is 29.2 Å². The molecule has 1 atom stereocenters. The summed E-state index contributed by atoms with van der Waals surface area (Å²) in [6.07, 6.45) is 4.79. The molecule has 1 fully saturated rings. The number of nitrogens with zero attached hydrogens (tertiary/aromatic N) is 4. The van der Waals surface area contributed by atoms with Crippen LogP contribution in [-0.2, 0) is 22.7 Å². The number of pyridine rings is 1. The molecule has 236 valence electrons. The molecule has 0 spiro atoms. The monoisotopic (exact) mass is 676 g/mol. The van der Waals surface area contributed by atoms with Crippen LogP contribution in [0.25, 0.3) is 32.6 Å². The summed E-state index contributed by atoms with van der Waals surface area (Å²) in [4.78, 5) is 41.0. The average Bonchev–Trinajstić information content (AvgIpc) is 3.65. The van der Waals surface area contributed by atoms with Gasteiger partial charge in [0.05, 0.1) is 50.3 Å². The molecule has 1 aliphatic heterocycles. The van der Waals surface area contributed by atoms with Crippen molar-refractivity contribution < 1.29 is 14.7 Å². The zero-order valence-corrected chi connectivity index (χ0v) is 27.1. The summed E-state index contributed by atoms with van der Waals surface area (Å²) < 4.78 is 0.909. The Kier molecular flexibility index (Phi) is 9.71. The zero-order chi connectivity index (χ0) is 32.2. The normalized spacial score (nSPS) is 14.5. The molecule has 2 aromatic carbocycles. The number of thiazole rings is 1. The minimum Gasteiger partial charge on any atom is -0.480 e. The lowest BCUT2D eigenvalue weighted by Gasteiger charge is -2.15. The molecule has 0 unspecified atom stereocenters. The molecule has 0 radical (unpaired) electrons. The highest BCUT2D eigenvalue weighted by atomic mass is 35.5. The molecule has 11 nitrogen and oxygen atoms in total. The van der Waals surface area contributed by atoms with Crippen molar-refractivity contribution >= 4 is 68.1 Å². The molecule has 1 saturated heterocycles. The van der Waals surface area contributed by atoms with E-state index in [1.54, 1.807) is 12.4 Å². The maximum atomic E-state index is 11.5. The van der Waals surface area contributed by atoms with Crippen molar-refractivity contribution in [2.75, 3.05) is 18.4 Å². The van der Waals surface area contributed by atoms with Crippen LogP contribution >= 0.6 is 34.5 Å². The number of carbonyl (C=O) groups excluding carboxylic acids is 1. The van der Waals surface area contributed by atoms with Crippen LogP contribution in [0.2, 0.25) is 10.0 Å². The number of hydrogen-bond donors (Lipinski definition) is 5. The van der Waals surface area contributed by atoms with E-state index < -0.39 is 5.97 Å². The molecule has 3 aromatic heterocycles. The van der Waals surface area contributed by atoms with Gasteiger partial charge in [-0.2, -0.15) is 0 Å². The van der Waals surface area contributed by atoms with Crippen LogP contribution in [0.4, 0.5) is 11.5 Å². The van der Waals surface area contributed by atoms with Gasteiger partial charge in [0.15, 0.2) is 5.82 Å².